The summed E-state index contributed by atoms with van der Waals surface area (Å²) in [4.78, 5) is 25.1. The second-order valence-corrected chi connectivity index (χ2v) is 10.6. The molecule has 5 aromatic rings. The van der Waals surface area contributed by atoms with Gasteiger partial charge in [-0.1, -0.05) is 24.3 Å². The molecule has 8 nitrogen and oxygen atoms in total. The van der Waals surface area contributed by atoms with Gasteiger partial charge in [0.05, 0.1) is 30.2 Å². The first-order valence-corrected chi connectivity index (χ1v) is 13.7. The highest BCUT2D eigenvalue weighted by Crippen LogP contribution is 2.39. The van der Waals surface area contributed by atoms with E-state index in [0.29, 0.717) is 23.5 Å². The number of hydrogen-bond donors (Lipinski definition) is 1. The molecule has 0 aliphatic carbocycles. The minimum atomic E-state index is -0.0353. The molecule has 3 atom stereocenters. The number of ether oxygens (including phenoxy) is 1. The van der Waals surface area contributed by atoms with Crippen LogP contribution in [0, 0.1) is 0 Å². The lowest BCUT2D eigenvalue weighted by Crippen LogP contribution is -2.43. The van der Waals surface area contributed by atoms with E-state index in [0.717, 1.165) is 47.4 Å². The van der Waals surface area contributed by atoms with Crippen LogP contribution in [0.25, 0.3) is 28.1 Å². The second-order valence-electron chi connectivity index (χ2n) is 10.6. The molecule has 8 heteroatoms. The number of amides is 1. The zero-order valence-electron chi connectivity index (χ0n) is 22.3. The molecular weight excluding hydrogens is 500 g/mol. The Morgan fingerprint density at radius 1 is 1.00 bits per heavy atom. The maximum atomic E-state index is 13.3. The quantitative estimate of drug-likeness (QED) is 0.318. The van der Waals surface area contributed by atoms with Crippen LogP contribution in [0.4, 0.5) is 0 Å². The highest BCUT2D eigenvalue weighted by atomic mass is 16.5. The van der Waals surface area contributed by atoms with Crippen LogP contribution < -0.4 is 10.1 Å². The van der Waals surface area contributed by atoms with Crippen LogP contribution in [-0.4, -0.2) is 55.8 Å². The molecule has 200 valence electrons. The van der Waals surface area contributed by atoms with E-state index in [-0.39, 0.29) is 11.9 Å². The van der Waals surface area contributed by atoms with Crippen molar-refractivity contribution in [1.82, 2.24) is 30.0 Å². The summed E-state index contributed by atoms with van der Waals surface area (Å²) < 4.78 is 7.10. The first kappa shape index (κ1) is 24.5. The van der Waals surface area contributed by atoms with Gasteiger partial charge in [0.2, 0.25) is 0 Å². The van der Waals surface area contributed by atoms with Crippen molar-refractivity contribution >= 4 is 16.8 Å². The Bertz CT molecular complexity index is 1670. The van der Waals surface area contributed by atoms with Crippen molar-refractivity contribution in [3.8, 4) is 23.0 Å². The van der Waals surface area contributed by atoms with Crippen molar-refractivity contribution < 1.29 is 9.53 Å². The molecule has 2 bridgehead atoms. The SMILES string of the molecule is COc1ccc(CN2[C@H]3CC[C@@H]2[C@H](NC(=O)c2ccc4c(cnn4-c4cccc(-c5ccccn5)n4)c2)C3)cc1. The second kappa shape index (κ2) is 10.2. The number of methoxy groups -OCH3 is 1. The largest absolute Gasteiger partial charge is 0.497 e. The zero-order valence-corrected chi connectivity index (χ0v) is 22.3. The van der Waals surface area contributed by atoms with Gasteiger partial charge in [0, 0.05) is 41.8 Å². The molecule has 1 amide bonds. The monoisotopic (exact) mass is 530 g/mol. The molecule has 2 aliphatic rings. The third kappa shape index (κ3) is 4.50. The van der Waals surface area contributed by atoms with Crippen LogP contribution in [0.1, 0.15) is 35.2 Å². The molecule has 1 N–H and O–H groups in total. The predicted molar refractivity (Wildman–Crippen MR) is 153 cm³/mol. The average Bonchev–Trinajstić information content (AvgIpc) is 3.70. The summed E-state index contributed by atoms with van der Waals surface area (Å²) in [5, 5.41) is 8.82. The summed E-state index contributed by atoms with van der Waals surface area (Å²) in [7, 11) is 1.69. The number of hydrogen-bond acceptors (Lipinski definition) is 6. The highest BCUT2D eigenvalue weighted by molar-refractivity contribution is 5.98. The number of pyridine rings is 2. The lowest BCUT2D eigenvalue weighted by molar-refractivity contribution is 0.0925. The molecule has 7 rings (SSSR count). The van der Waals surface area contributed by atoms with Gasteiger partial charge >= 0.3 is 0 Å². The van der Waals surface area contributed by atoms with Gasteiger partial charge in [-0.3, -0.25) is 14.7 Å². The molecule has 0 saturated carbocycles. The van der Waals surface area contributed by atoms with Crippen molar-refractivity contribution in [3.05, 3.63) is 102 Å². The van der Waals surface area contributed by atoms with Crippen LogP contribution in [0.3, 0.4) is 0 Å². The van der Waals surface area contributed by atoms with E-state index < -0.39 is 0 Å². The molecule has 3 aromatic heterocycles. The van der Waals surface area contributed by atoms with E-state index in [1.165, 1.54) is 12.0 Å². The Morgan fingerprint density at radius 3 is 2.70 bits per heavy atom. The molecule has 2 aromatic carbocycles. The summed E-state index contributed by atoms with van der Waals surface area (Å²) in [5.74, 6) is 1.54. The minimum Gasteiger partial charge on any atom is -0.497 e. The first-order valence-electron chi connectivity index (χ1n) is 13.7. The fourth-order valence-electron chi connectivity index (χ4n) is 6.25. The van der Waals surface area contributed by atoms with Gasteiger partial charge in [0.1, 0.15) is 5.75 Å². The van der Waals surface area contributed by atoms with Crippen molar-refractivity contribution in [1.29, 1.82) is 0 Å². The van der Waals surface area contributed by atoms with Gasteiger partial charge in [-0.05, 0) is 79.4 Å². The topological polar surface area (TPSA) is 85.2 Å². The smallest absolute Gasteiger partial charge is 0.251 e. The fourth-order valence-corrected chi connectivity index (χ4v) is 6.25. The standard InChI is InChI=1S/C32H30N6O2/c1-40-25-12-8-21(9-13-25)20-37-24-11-15-30(37)28(18-24)36-32(39)22-10-14-29-23(17-22)19-34-38(29)31-7-4-6-27(35-31)26-5-2-3-16-33-26/h2-10,12-14,16-17,19,24,28,30H,11,15,18,20H2,1H3,(H,36,39)/t24-,28+,30+/m0/s1. The Kier molecular flexibility index (Phi) is 6.24. The highest BCUT2D eigenvalue weighted by Gasteiger charge is 2.46. The van der Waals surface area contributed by atoms with Crippen molar-refractivity contribution in [2.75, 3.05) is 7.11 Å². The van der Waals surface area contributed by atoms with Gasteiger partial charge < -0.3 is 10.1 Å². The van der Waals surface area contributed by atoms with Crippen LogP contribution in [0.15, 0.2) is 91.3 Å². The van der Waals surface area contributed by atoms with E-state index in [4.69, 9.17) is 9.72 Å². The van der Waals surface area contributed by atoms with E-state index in [1.54, 1.807) is 24.2 Å². The number of rotatable bonds is 7. The van der Waals surface area contributed by atoms with Crippen LogP contribution in [0.2, 0.25) is 0 Å². The summed E-state index contributed by atoms with van der Waals surface area (Å²) in [6.45, 7) is 0.895. The van der Waals surface area contributed by atoms with Gasteiger partial charge in [0.15, 0.2) is 5.82 Å². The van der Waals surface area contributed by atoms with Gasteiger partial charge in [0.25, 0.3) is 5.91 Å². The molecule has 2 saturated heterocycles. The van der Waals surface area contributed by atoms with Crippen molar-refractivity contribution in [2.45, 2.75) is 43.9 Å². The number of nitrogens with zero attached hydrogens (tertiary/aromatic N) is 5. The van der Waals surface area contributed by atoms with Gasteiger partial charge in [-0.15, -0.1) is 0 Å². The molecule has 0 unspecified atom stereocenters. The number of carbonyl (C=O) groups is 1. The summed E-state index contributed by atoms with van der Waals surface area (Å²) in [6.07, 6.45) is 6.84. The maximum Gasteiger partial charge on any atom is 0.251 e. The third-order valence-corrected chi connectivity index (χ3v) is 8.23. The van der Waals surface area contributed by atoms with E-state index in [2.05, 4.69) is 32.4 Å². The maximum absolute atomic E-state index is 13.3. The lowest BCUT2D eigenvalue weighted by atomic mass is 9.95. The van der Waals surface area contributed by atoms with Crippen molar-refractivity contribution in [2.24, 2.45) is 0 Å². The molecule has 5 heterocycles. The van der Waals surface area contributed by atoms with Gasteiger partial charge in [-0.25, -0.2) is 9.67 Å². The normalized spacial score (nSPS) is 20.2. The number of nitrogens with one attached hydrogen (secondary N) is 1. The van der Waals surface area contributed by atoms with E-state index in [1.807, 2.05) is 66.7 Å². The molecule has 2 aliphatic heterocycles. The average molecular weight is 531 g/mol. The van der Waals surface area contributed by atoms with Crippen LogP contribution in [0.5, 0.6) is 5.75 Å². The minimum absolute atomic E-state index is 0.0353. The van der Waals surface area contributed by atoms with Gasteiger partial charge in [-0.2, -0.15) is 5.10 Å². The van der Waals surface area contributed by atoms with E-state index in [9.17, 15) is 4.79 Å². The van der Waals surface area contributed by atoms with Crippen LogP contribution >= 0.6 is 0 Å². The Hall–Kier alpha value is -4.56. The Labute approximate surface area is 232 Å². The molecule has 40 heavy (non-hydrogen) atoms. The first-order chi connectivity index (χ1) is 19.7. The number of aromatic nitrogens is 4. The zero-order chi connectivity index (χ0) is 27.1. The molecule has 2 fully saturated rings. The predicted octanol–water partition coefficient (Wildman–Crippen LogP) is 5.03. The summed E-state index contributed by atoms with van der Waals surface area (Å²) >= 11 is 0. The number of carbonyl (C=O) groups excluding carboxylic acids is 1. The third-order valence-electron chi connectivity index (χ3n) is 8.23. The summed E-state index contributed by atoms with van der Waals surface area (Å²) in [5.41, 5.74) is 4.40. The molecule has 0 spiro atoms. The van der Waals surface area contributed by atoms with Crippen LogP contribution in [-0.2, 0) is 6.54 Å². The number of benzene rings is 2. The van der Waals surface area contributed by atoms with E-state index >= 15 is 0 Å². The fraction of sp³-hybridized carbons (Fsp3) is 0.250. The lowest BCUT2D eigenvalue weighted by Gasteiger charge is -2.25. The molecular formula is C32H30N6O2. The molecule has 0 radical (unpaired) electrons. The Balaban J connectivity index is 1.06. The van der Waals surface area contributed by atoms with Crippen molar-refractivity contribution in [3.63, 3.8) is 0 Å². The number of fused-ring (bicyclic) bond motifs is 3. The Morgan fingerprint density at radius 2 is 1.88 bits per heavy atom. The summed E-state index contributed by atoms with van der Waals surface area (Å²) in [6, 6.07) is 26.6.